The summed E-state index contributed by atoms with van der Waals surface area (Å²) >= 11 is 4.07. The molecule has 0 saturated heterocycles. The maximum atomic E-state index is 4.07. The molecule has 5 aromatic carbocycles. The molecule has 0 aromatic heterocycles. The molecule has 34 heavy (non-hydrogen) atoms. The van der Waals surface area contributed by atoms with Crippen LogP contribution < -0.4 is 5.46 Å². The van der Waals surface area contributed by atoms with Crippen LogP contribution in [0.5, 0.6) is 0 Å². The van der Waals surface area contributed by atoms with Gasteiger partial charge >= 0.3 is 0 Å². The van der Waals surface area contributed by atoms with Crippen LogP contribution >= 0.6 is 15.9 Å². The second kappa shape index (κ2) is 6.43. The van der Waals surface area contributed by atoms with Crippen LogP contribution in [0.3, 0.4) is 0 Å². The van der Waals surface area contributed by atoms with Crippen molar-refractivity contribution >= 4 is 50.8 Å². The van der Waals surface area contributed by atoms with Gasteiger partial charge in [-0.3, -0.25) is 0 Å². The fraction of sp³-hybridized carbons (Fsp3) is 0.188. The van der Waals surface area contributed by atoms with E-state index in [0.717, 1.165) is 0 Å². The molecule has 0 fully saturated rings. The summed E-state index contributed by atoms with van der Waals surface area (Å²) in [6, 6.07) is 27.6. The van der Waals surface area contributed by atoms with E-state index in [1.807, 2.05) is 0 Å². The molecule has 2 heteroatoms. The second-order valence-corrected chi connectivity index (χ2v) is 12.0. The maximum absolute atomic E-state index is 4.07. The molecule has 0 atom stereocenters. The average Bonchev–Trinajstić information content (AvgIpc) is 3.20. The molecule has 2 aliphatic carbocycles. The molecule has 0 unspecified atom stereocenters. The maximum Gasteiger partial charge on any atom is 0.140 e. The highest BCUT2D eigenvalue weighted by atomic mass is 79.9. The van der Waals surface area contributed by atoms with Crippen LogP contribution in [0.25, 0.3) is 43.8 Å². The fourth-order valence-corrected chi connectivity index (χ4v) is 7.43. The molecule has 0 nitrogen and oxygen atoms in total. The van der Waals surface area contributed by atoms with Crippen molar-refractivity contribution in [3.8, 4) is 22.3 Å². The van der Waals surface area contributed by atoms with Crippen molar-refractivity contribution in [3.63, 3.8) is 0 Å². The first-order valence-electron chi connectivity index (χ1n) is 12.2. The van der Waals surface area contributed by atoms with Gasteiger partial charge < -0.3 is 0 Å². The van der Waals surface area contributed by atoms with Gasteiger partial charge in [0, 0.05) is 15.3 Å². The number of rotatable bonds is 0. The third kappa shape index (κ3) is 2.35. The Morgan fingerprint density at radius 1 is 0.529 bits per heavy atom. The highest BCUT2D eigenvalue weighted by Crippen LogP contribution is 2.52. The zero-order chi connectivity index (χ0) is 23.6. The highest BCUT2D eigenvalue weighted by molar-refractivity contribution is 9.10. The summed E-state index contributed by atoms with van der Waals surface area (Å²) in [5.41, 5.74) is 12.6. The zero-order valence-corrected chi connectivity index (χ0v) is 21.9. The van der Waals surface area contributed by atoms with Crippen LogP contribution in [0.1, 0.15) is 49.9 Å². The minimum Gasteiger partial charge on any atom is -0.0735 e. The van der Waals surface area contributed by atoms with Gasteiger partial charge in [0.2, 0.25) is 0 Å². The van der Waals surface area contributed by atoms with Gasteiger partial charge in [0.1, 0.15) is 7.85 Å². The Bertz CT molecular complexity index is 1590. The standard InChI is InChI=1S/C32H26BBr/c1-31(2)26-12-8-6-10-18(26)20-14-23-22(15-27(20)31)29(33)21-13-19-17-9-5-7-11-25(17)32(3,4)28(19)16-24(21)30(23)34/h5-16H,33H2,1-4H3. The predicted molar refractivity (Wildman–Crippen MR) is 152 cm³/mol. The normalized spacial score (nSPS) is 16.4. The molecule has 0 amide bonds. The first-order valence-corrected chi connectivity index (χ1v) is 12.9. The van der Waals surface area contributed by atoms with E-state index in [1.54, 1.807) is 0 Å². The van der Waals surface area contributed by atoms with E-state index in [-0.39, 0.29) is 10.8 Å². The summed E-state index contributed by atoms with van der Waals surface area (Å²) in [5.74, 6) is 0. The lowest BCUT2D eigenvalue weighted by molar-refractivity contribution is 0.661. The van der Waals surface area contributed by atoms with Crippen molar-refractivity contribution in [2.45, 2.75) is 38.5 Å². The lowest BCUT2D eigenvalue weighted by Gasteiger charge is -2.24. The van der Waals surface area contributed by atoms with Crippen LogP contribution in [0, 0.1) is 0 Å². The minimum absolute atomic E-state index is 0.00329. The van der Waals surface area contributed by atoms with Crippen LogP contribution in [0.15, 0.2) is 77.3 Å². The summed E-state index contributed by atoms with van der Waals surface area (Å²) < 4.78 is 1.21. The summed E-state index contributed by atoms with van der Waals surface area (Å²) in [7, 11) is 2.30. The van der Waals surface area contributed by atoms with E-state index >= 15 is 0 Å². The molecule has 5 aromatic rings. The van der Waals surface area contributed by atoms with E-state index in [1.165, 1.54) is 76.0 Å². The Balaban J connectivity index is 1.60. The van der Waals surface area contributed by atoms with Crippen LogP contribution in [-0.2, 0) is 10.8 Å². The largest absolute Gasteiger partial charge is 0.140 e. The van der Waals surface area contributed by atoms with Gasteiger partial charge in [0.15, 0.2) is 0 Å². The van der Waals surface area contributed by atoms with Gasteiger partial charge in [-0.15, -0.1) is 0 Å². The number of hydrogen-bond donors (Lipinski definition) is 0. The van der Waals surface area contributed by atoms with Crippen molar-refractivity contribution in [3.05, 3.63) is 99.5 Å². The van der Waals surface area contributed by atoms with E-state index in [2.05, 4.69) is 124 Å². The molecular weight excluding hydrogens is 475 g/mol. The molecule has 164 valence electrons. The average molecular weight is 501 g/mol. The summed E-state index contributed by atoms with van der Waals surface area (Å²) in [5, 5.41) is 5.32. The molecule has 2 aliphatic rings. The van der Waals surface area contributed by atoms with E-state index in [0.29, 0.717) is 0 Å². The van der Waals surface area contributed by atoms with Gasteiger partial charge in [0.25, 0.3) is 0 Å². The lowest BCUT2D eigenvalue weighted by atomic mass is 9.78. The highest BCUT2D eigenvalue weighted by Gasteiger charge is 2.37. The molecule has 0 bridgehead atoms. The van der Waals surface area contributed by atoms with Gasteiger partial charge in [-0.05, 0) is 100 Å². The molecule has 0 N–H and O–H groups in total. The number of halogens is 1. The van der Waals surface area contributed by atoms with Crippen LogP contribution in [0.4, 0.5) is 0 Å². The third-order valence-corrected chi connectivity index (χ3v) is 9.58. The SMILES string of the molecule is Bc1c2cc3c(cc2c(Br)c2cc4c(cc12)-c1ccccc1C4(C)C)-c1ccccc1C3(C)C. The van der Waals surface area contributed by atoms with Gasteiger partial charge in [-0.1, -0.05) is 87.8 Å². The Hall–Kier alpha value is -2.84. The van der Waals surface area contributed by atoms with Crippen LogP contribution in [0.2, 0.25) is 0 Å². The Kier molecular flexibility index (Phi) is 3.88. The molecule has 0 aliphatic heterocycles. The number of hydrogen-bond acceptors (Lipinski definition) is 0. The van der Waals surface area contributed by atoms with Crippen molar-refractivity contribution < 1.29 is 0 Å². The van der Waals surface area contributed by atoms with Gasteiger partial charge in [-0.2, -0.15) is 0 Å². The molecular formula is C32H26BBr. The zero-order valence-electron chi connectivity index (χ0n) is 20.3. The van der Waals surface area contributed by atoms with Crippen LogP contribution in [-0.4, -0.2) is 7.85 Å². The minimum atomic E-state index is 0.00329. The third-order valence-electron chi connectivity index (χ3n) is 8.72. The van der Waals surface area contributed by atoms with Gasteiger partial charge in [-0.25, -0.2) is 0 Å². The smallest absolute Gasteiger partial charge is 0.0735 e. The first-order chi connectivity index (χ1) is 16.2. The topological polar surface area (TPSA) is 0 Å². The van der Waals surface area contributed by atoms with E-state index in [4.69, 9.17) is 0 Å². The fourth-order valence-electron chi connectivity index (χ4n) is 6.77. The number of benzene rings is 5. The van der Waals surface area contributed by atoms with Crippen molar-refractivity contribution in [2.75, 3.05) is 0 Å². The first kappa shape index (κ1) is 20.5. The van der Waals surface area contributed by atoms with E-state index in [9.17, 15) is 0 Å². The Labute approximate surface area is 210 Å². The summed E-state index contributed by atoms with van der Waals surface area (Å²) in [6.07, 6.45) is 0. The number of fused-ring (bicyclic) bond motifs is 8. The monoisotopic (exact) mass is 500 g/mol. The molecule has 0 heterocycles. The van der Waals surface area contributed by atoms with Crippen molar-refractivity contribution in [1.82, 2.24) is 0 Å². The molecule has 7 rings (SSSR count). The van der Waals surface area contributed by atoms with Crippen molar-refractivity contribution in [2.24, 2.45) is 0 Å². The molecule has 0 radical (unpaired) electrons. The predicted octanol–water partition coefficient (Wildman–Crippen LogP) is 7.63. The van der Waals surface area contributed by atoms with E-state index < -0.39 is 0 Å². The molecule has 0 spiro atoms. The summed E-state index contributed by atoms with van der Waals surface area (Å²) in [4.78, 5) is 0. The summed E-state index contributed by atoms with van der Waals surface area (Å²) in [6.45, 7) is 9.44. The molecule has 0 saturated carbocycles. The lowest BCUT2D eigenvalue weighted by Crippen LogP contribution is -2.16. The Morgan fingerprint density at radius 2 is 0.941 bits per heavy atom. The van der Waals surface area contributed by atoms with Gasteiger partial charge in [0.05, 0.1) is 0 Å². The van der Waals surface area contributed by atoms with Crippen molar-refractivity contribution in [1.29, 1.82) is 0 Å². The quantitative estimate of drug-likeness (QED) is 0.151. The Morgan fingerprint density at radius 3 is 1.50 bits per heavy atom. The second-order valence-electron chi connectivity index (χ2n) is 11.2.